The Hall–Kier alpha value is -0.530. The number of unbranched alkanes of at least 4 members (excludes halogenated alkanes) is 26. The van der Waals surface area contributed by atoms with Crippen LogP contribution in [0, 0.1) is 0 Å². The molecule has 0 fully saturated rings. The van der Waals surface area contributed by atoms with E-state index in [1.54, 1.807) is 0 Å². The Morgan fingerprint density at radius 1 is 0.371 bits per heavy atom. The molecule has 2 nitrogen and oxygen atoms in total. The van der Waals surface area contributed by atoms with E-state index in [-0.39, 0.29) is 5.97 Å². The molecule has 0 atom stereocenters. The van der Waals surface area contributed by atoms with Crippen molar-refractivity contribution in [2.75, 3.05) is 6.61 Å². The van der Waals surface area contributed by atoms with Gasteiger partial charge in [0.05, 0.1) is 6.61 Å². The SMILES string of the molecule is CCCCCCCCCCCCCCCCCCCCCCCCC(=O)OCCCCCCCC. The minimum Gasteiger partial charge on any atom is -0.466 e. The van der Waals surface area contributed by atoms with Gasteiger partial charge >= 0.3 is 5.97 Å². The molecule has 0 rings (SSSR count). The molecule has 0 radical (unpaired) electrons. The number of hydrogen-bond donors (Lipinski definition) is 0. The molecule has 0 aromatic rings. The summed E-state index contributed by atoms with van der Waals surface area (Å²) in [7, 11) is 0. The summed E-state index contributed by atoms with van der Waals surface area (Å²) in [6.45, 7) is 5.17. The van der Waals surface area contributed by atoms with E-state index >= 15 is 0 Å². The van der Waals surface area contributed by atoms with Gasteiger partial charge in [-0.1, -0.05) is 181 Å². The van der Waals surface area contributed by atoms with Gasteiger partial charge in [-0.15, -0.1) is 0 Å². The Bertz CT molecular complexity index is 393. The van der Waals surface area contributed by atoms with E-state index in [0.29, 0.717) is 13.0 Å². The molecule has 0 aromatic heterocycles. The molecule has 0 aliphatic rings. The van der Waals surface area contributed by atoms with Crippen LogP contribution < -0.4 is 0 Å². The molecule has 0 unspecified atom stereocenters. The van der Waals surface area contributed by atoms with E-state index in [4.69, 9.17) is 4.74 Å². The fourth-order valence-electron chi connectivity index (χ4n) is 5.02. The van der Waals surface area contributed by atoms with Crippen LogP contribution in [-0.2, 0) is 9.53 Å². The van der Waals surface area contributed by atoms with Gasteiger partial charge in [0.25, 0.3) is 0 Å². The average molecular weight is 495 g/mol. The first-order valence-electron chi connectivity index (χ1n) is 16.5. The molecule has 0 saturated carbocycles. The molecule has 2 heteroatoms. The van der Waals surface area contributed by atoms with Crippen molar-refractivity contribution in [1.82, 2.24) is 0 Å². The van der Waals surface area contributed by atoms with Crippen molar-refractivity contribution in [2.24, 2.45) is 0 Å². The first-order valence-corrected chi connectivity index (χ1v) is 16.5. The summed E-state index contributed by atoms with van der Waals surface area (Å²) in [6.07, 6.45) is 38.9. The molecule has 0 N–H and O–H groups in total. The number of rotatable bonds is 30. The Kier molecular flexibility index (Phi) is 31.0. The number of esters is 1. The lowest BCUT2D eigenvalue weighted by Gasteiger charge is -2.05. The fraction of sp³-hybridized carbons (Fsp3) is 0.970. The van der Waals surface area contributed by atoms with E-state index in [0.717, 1.165) is 12.8 Å². The van der Waals surface area contributed by atoms with Gasteiger partial charge in [0.15, 0.2) is 0 Å². The molecule has 0 heterocycles. The normalized spacial score (nSPS) is 11.3. The maximum Gasteiger partial charge on any atom is 0.305 e. The lowest BCUT2D eigenvalue weighted by molar-refractivity contribution is -0.143. The van der Waals surface area contributed by atoms with Crippen LogP contribution in [0.15, 0.2) is 0 Å². The zero-order chi connectivity index (χ0) is 25.5. The van der Waals surface area contributed by atoms with Gasteiger partial charge in [-0.05, 0) is 12.8 Å². The van der Waals surface area contributed by atoms with Crippen molar-refractivity contribution in [3.05, 3.63) is 0 Å². The van der Waals surface area contributed by atoms with Crippen LogP contribution in [-0.4, -0.2) is 12.6 Å². The molecular formula is C33H66O2. The molecule has 210 valence electrons. The summed E-state index contributed by atoms with van der Waals surface area (Å²) < 4.78 is 5.36. The maximum absolute atomic E-state index is 11.8. The summed E-state index contributed by atoms with van der Waals surface area (Å²) in [5, 5.41) is 0. The second-order valence-corrected chi connectivity index (χ2v) is 11.2. The molecule has 0 saturated heterocycles. The fourth-order valence-corrected chi connectivity index (χ4v) is 5.02. The highest BCUT2D eigenvalue weighted by atomic mass is 16.5. The highest BCUT2D eigenvalue weighted by molar-refractivity contribution is 5.69. The molecule has 0 aliphatic carbocycles. The smallest absolute Gasteiger partial charge is 0.305 e. The van der Waals surface area contributed by atoms with Gasteiger partial charge in [-0.25, -0.2) is 0 Å². The van der Waals surface area contributed by atoms with Crippen molar-refractivity contribution < 1.29 is 9.53 Å². The van der Waals surface area contributed by atoms with Gasteiger partial charge in [0.2, 0.25) is 0 Å². The van der Waals surface area contributed by atoms with Crippen molar-refractivity contribution in [3.63, 3.8) is 0 Å². The topological polar surface area (TPSA) is 26.3 Å². The Balaban J connectivity index is 3.10. The van der Waals surface area contributed by atoms with Gasteiger partial charge in [0.1, 0.15) is 0 Å². The minimum absolute atomic E-state index is 0.0201. The van der Waals surface area contributed by atoms with Gasteiger partial charge in [-0.2, -0.15) is 0 Å². The lowest BCUT2D eigenvalue weighted by Crippen LogP contribution is -2.05. The Morgan fingerprint density at radius 3 is 0.943 bits per heavy atom. The highest BCUT2D eigenvalue weighted by Crippen LogP contribution is 2.15. The highest BCUT2D eigenvalue weighted by Gasteiger charge is 2.02. The third-order valence-electron chi connectivity index (χ3n) is 7.50. The maximum atomic E-state index is 11.8. The van der Waals surface area contributed by atoms with Crippen LogP contribution in [0.25, 0.3) is 0 Å². The first kappa shape index (κ1) is 34.5. The van der Waals surface area contributed by atoms with Gasteiger partial charge in [0, 0.05) is 6.42 Å². The average Bonchev–Trinajstić information content (AvgIpc) is 2.86. The van der Waals surface area contributed by atoms with E-state index in [2.05, 4.69) is 13.8 Å². The van der Waals surface area contributed by atoms with E-state index in [9.17, 15) is 4.79 Å². The van der Waals surface area contributed by atoms with Crippen LogP contribution in [0.4, 0.5) is 0 Å². The summed E-state index contributed by atoms with van der Waals surface area (Å²) in [4.78, 5) is 11.8. The largest absolute Gasteiger partial charge is 0.466 e. The first-order chi connectivity index (χ1) is 17.3. The van der Waals surface area contributed by atoms with Gasteiger partial charge in [-0.3, -0.25) is 4.79 Å². The van der Waals surface area contributed by atoms with Gasteiger partial charge < -0.3 is 4.74 Å². The molecular weight excluding hydrogens is 428 g/mol. The van der Waals surface area contributed by atoms with Crippen LogP contribution >= 0.6 is 0 Å². The monoisotopic (exact) mass is 495 g/mol. The Morgan fingerprint density at radius 2 is 0.629 bits per heavy atom. The van der Waals surface area contributed by atoms with Crippen LogP contribution in [0.3, 0.4) is 0 Å². The van der Waals surface area contributed by atoms with E-state index in [1.165, 1.54) is 167 Å². The second kappa shape index (κ2) is 31.5. The minimum atomic E-state index is 0.0201. The third-order valence-corrected chi connectivity index (χ3v) is 7.50. The number of hydrogen-bond acceptors (Lipinski definition) is 2. The standard InChI is InChI=1S/C33H66O2/c1-3-5-7-9-11-12-13-14-15-16-17-18-19-20-21-22-23-24-25-26-27-29-31-33(34)35-32-30-28-10-8-6-4-2/h3-32H2,1-2H3. The van der Waals surface area contributed by atoms with Crippen LogP contribution in [0.2, 0.25) is 0 Å². The predicted molar refractivity (Wildman–Crippen MR) is 156 cm³/mol. The molecule has 0 amide bonds. The summed E-state index contributed by atoms with van der Waals surface area (Å²) in [6, 6.07) is 0. The zero-order valence-corrected chi connectivity index (χ0v) is 24.5. The number of carbonyl (C=O) groups is 1. The quantitative estimate of drug-likeness (QED) is 0.0732. The van der Waals surface area contributed by atoms with Crippen LogP contribution in [0.5, 0.6) is 0 Å². The van der Waals surface area contributed by atoms with Crippen LogP contribution in [0.1, 0.15) is 200 Å². The lowest BCUT2D eigenvalue weighted by atomic mass is 10.0. The molecule has 0 aliphatic heterocycles. The van der Waals surface area contributed by atoms with E-state index in [1.807, 2.05) is 0 Å². The van der Waals surface area contributed by atoms with Crippen molar-refractivity contribution in [1.29, 1.82) is 0 Å². The molecule has 0 aromatic carbocycles. The van der Waals surface area contributed by atoms with Crippen molar-refractivity contribution in [2.45, 2.75) is 200 Å². The molecule has 0 bridgehead atoms. The zero-order valence-electron chi connectivity index (χ0n) is 24.5. The summed E-state index contributed by atoms with van der Waals surface area (Å²) in [5.74, 6) is 0.0201. The number of carbonyl (C=O) groups excluding carboxylic acids is 1. The summed E-state index contributed by atoms with van der Waals surface area (Å²) >= 11 is 0. The predicted octanol–water partition coefficient (Wildman–Crippen LogP) is 11.9. The summed E-state index contributed by atoms with van der Waals surface area (Å²) in [5.41, 5.74) is 0. The Labute approximate surface area is 222 Å². The molecule has 0 spiro atoms. The van der Waals surface area contributed by atoms with Crippen molar-refractivity contribution in [3.8, 4) is 0 Å². The molecule has 35 heavy (non-hydrogen) atoms. The van der Waals surface area contributed by atoms with E-state index < -0.39 is 0 Å². The number of ether oxygens (including phenoxy) is 1. The van der Waals surface area contributed by atoms with Crippen molar-refractivity contribution >= 4 is 5.97 Å². The second-order valence-electron chi connectivity index (χ2n) is 11.2. The third kappa shape index (κ3) is 31.4.